The molecule has 1 rings (SSSR count). The Morgan fingerprint density at radius 1 is 1.27 bits per heavy atom. The van der Waals surface area contributed by atoms with Crippen molar-refractivity contribution in [3.05, 3.63) is 0 Å². The van der Waals surface area contributed by atoms with Gasteiger partial charge in [-0.05, 0) is 6.42 Å². The molecule has 0 unspecified atom stereocenters. The predicted octanol–water partition coefficient (Wildman–Crippen LogP) is 1.99. The second-order valence-corrected chi connectivity index (χ2v) is 4.50. The van der Waals surface area contributed by atoms with Crippen LogP contribution in [0.4, 0.5) is 0 Å². The van der Waals surface area contributed by atoms with Crippen LogP contribution in [0.15, 0.2) is 0 Å². The summed E-state index contributed by atoms with van der Waals surface area (Å²) in [5.41, 5.74) is 0. The zero-order valence-electron chi connectivity index (χ0n) is 9.67. The maximum atomic E-state index is 11.0. The van der Waals surface area contributed by atoms with Crippen molar-refractivity contribution in [2.45, 2.75) is 70.4 Å². The van der Waals surface area contributed by atoms with E-state index in [1.807, 2.05) is 0 Å². The summed E-state index contributed by atoms with van der Waals surface area (Å²) >= 11 is 0. The normalized spacial score (nSPS) is 25.6. The fraction of sp³-hybridized carbons (Fsp3) is 0.917. The van der Waals surface area contributed by atoms with E-state index in [0.29, 0.717) is 6.42 Å². The maximum Gasteiger partial charge on any atom is 0.222 e. The van der Waals surface area contributed by atoms with Gasteiger partial charge in [-0.1, -0.05) is 45.4 Å². The van der Waals surface area contributed by atoms with E-state index in [9.17, 15) is 9.90 Å². The molecule has 2 atom stereocenters. The number of aliphatic hydroxyl groups excluding tert-OH is 1. The zero-order chi connectivity index (χ0) is 11.1. The number of unbranched alkanes of at least 4 members (excludes halogenated alkanes) is 5. The van der Waals surface area contributed by atoms with Crippen molar-refractivity contribution >= 4 is 5.91 Å². The van der Waals surface area contributed by atoms with E-state index in [1.54, 1.807) is 0 Å². The van der Waals surface area contributed by atoms with E-state index < -0.39 is 6.10 Å². The summed E-state index contributed by atoms with van der Waals surface area (Å²) in [6.07, 6.45) is 8.30. The lowest BCUT2D eigenvalue weighted by molar-refractivity contribution is -0.119. The van der Waals surface area contributed by atoms with E-state index in [4.69, 9.17) is 0 Å². The molecule has 1 aliphatic rings. The fourth-order valence-corrected chi connectivity index (χ4v) is 2.10. The first-order valence-corrected chi connectivity index (χ1v) is 6.21. The van der Waals surface area contributed by atoms with Gasteiger partial charge in [-0.25, -0.2) is 0 Å². The number of amides is 1. The third-order valence-electron chi connectivity index (χ3n) is 3.07. The van der Waals surface area contributed by atoms with Gasteiger partial charge in [0.1, 0.15) is 0 Å². The van der Waals surface area contributed by atoms with Gasteiger partial charge in [-0.3, -0.25) is 4.79 Å². The summed E-state index contributed by atoms with van der Waals surface area (Å²) in [5.74, 6) is -0.00140. The third kappa shape index (κ3) is 4.65. The molecule has 0 bridgehead atoms. The summed E-state index contributed by atoms with van der Waals surface area (Å²) in [6, 6.07) is 0.0173. The average molecular weight is 213 g/mol. The minimum Gasteiger partial charge on any atom is -0.390 e. The van der Waals surface area contributed by atoms with Gasteiger partial charge >= 0.3 is 0 Å². The number of nitrogens with one attached hydrogen (secondary N) is 1. The van der Waals surface area contributed by atoms with Crippen LogP contribution in [0.25, 0.3) is 0 Å². The minimum atomic E-state index is -0.451. The van der Waals surface area contributed by atoms with Crippen LogP contribution in [0.5, 0.6) is 0 Å². The van der Waals surface area contributed by atoms with E-state index in [0.717, 1.165) is 12.8 Å². The van der Waals surface area contributed by atoms with Gasteiger partial charge in [0, 0.05) is 0 Å². The largest absolute Gasteiger partial charge is 0.390 e. The first kappa shape index (κ1) is 12.5. The first-order valence-electron chi connectivity index (χ1n) is 6.21. The number of hydrogen-bond donors (Lipinski definition) is 2. The van der Waals surface area contributed by atoms with Crippen LogP contribution in [0, 0.1) is 0 Å². The third-order valence-corrected chi connectivity index (χ3v) is 3.07. The van der Waals surface area contributed by atoms with Crippen molar-refractivity contribution in [3.63, 3.8) is 0 Å². The van der Waals surface area contributed by atoms with Gasteiger partial charge in [0.15, 0.2) is 0 Å². The van der Waals surface area contributed by atoms with Crippen LogP contribution in [0.2, 0.25) is 0 Å². The Labute approximate surface area is 92.3 Å². The molecular weight excluding hydrogens is 190 g/mol. The molecule has 0 aromatic rings. The van der Waals surface area contributed by atoms with Gasteiger partial charge in [-0.15, -0.1) is 0 Å². The van der Waals surface area contributed by atoms with E-state index in [-0.39, 0.29) is 11.9 Å². The molecule has 1 heterocycles. The lowest BCUT2D eigenvalue weighted by atomic mass is 10.0. The molecule has 0 aromatic carbocycles. The lowest BCUT2D eigenvalue weighted by Gasteiger charge is -2.13. The Kier molecular flexibility index (Phi) is 5.69. The Morgan fingerprint density at radius 3 is 2.53 bits per heavy atom. The van der Waals surface area contributed by atoms with Gasteiger partial charge in [0.25, 0.3) is 0 Å². The molecule has 1 saturated heterocycles. The molecule has 0 spiro atoms. The van der Waals surface area contributed by atoms with Crippen molar-refractivity contribution in [2.75, 3.05) is 0 Å². The Hall–Kier alpha value is -0.570. The minimum absolute atomic E-state index is 0.00140. The molecule has 2 N–H and O–H groups in total. The monoisotopic (exact) mass is 213 g/mol. The maximum absolute atomic E-state index is 11.0. The molecule has 1 fully saturated rings. The van der Waals surface area contributed by atoms with Crippen molar-refractivity contribution in [1.29, 1.82) is 0 Å². The van der Waals surface area contributed by atoms with Crippen molar-refractivity contribution in [1.82, 2.24) is 5.32 Å². The number of hydrogen-bond acceptors (Lipinski definition) is 2. The second kappa shape index (κ2) is 6.83. The van der Waals surface area contributed by atoms with Crippen molar-refractivity contribution in [2.24, 2.45) is 0 Å². The van der Waals surface area contributed by atoms with Crippen LogP contribution >= 0.6 is 0 Å². The van der Waals surface area contributed by atoms with Crippen LogP contribution in [-0.4, -0.2) is 23.2 Å². The summed E-state index contributed by atoms with van der Waals surface area (Å²) in [4.78, 5) is 11.0. The topological polar surface area (TPSA) is 49.3 Å². The molecule has 0 saturated carbocycles. The number of carbonyl (C=O) groups is 1. The average Bonchev–Trinajstić information content (AvgIpc) is 2.51. The molecule has 0 radical (unpaired) electrons. The number of carbonyl (C=O) groups excluding carboxylic acids is 1. The molecule has 1 aliphatic heterocycles. The zero-order valence-corrected chi connectivity index (χ0v) is 9.67. The molecule has 3 heteroatoms. The summed E-state index contributed by atoms with van der Waals surface area (Å²) in [5, 5.41) is 12.3. The van der Waals surface area contributed by atoms with Crippen LogP contribution in [0.1, 0.15) is 58.3 Å². The standard InChI is InChI=1S/C12H23NO2/c1-2-3-4-5-6-7-8-10-11(14)9-12(15)13-10/h10-11,14H,2-9H2,1H3,(H,13,15)/t10-,11-/m1/s1. The van der Waals surface area contributed by atoms with Crippen molar-refractivity contribution < 1.29 is 9.90 Å². The summed E-state index contributed by atoms with van der Waals surface area (Å²) < 4.78 is 0. The molecule has 0 aromatic heterocycles. The quantitative estimate of drug-likeness (QED) is 0.635. The Morgan fingerprint density at radius 2 is 1.93 bits per heavy atom. The van der Waals surface area contributed by atoms with Crippen LogP contribution in [0.3, 0.4) is 0 Å². The summed E-state index contributed by atoms with van der Waals surface area (Å²) in [6.45, 7) is 2.21. The van der Waals surface area contributed by atoms with Gasteiger partial charge < -0.3 is 10.4 Å². The predicted molar refractivity (Wildman–Crippen MR) is 60.5 cm³/mol. The summed E-state index contributed by atoms with van der Waals surface area (Å²) in [7, 11) is 0. The van der Waals surface area contributed by atoms with Gasteiger partial charge in [0.2, 0.25) is 5.91 Å². The smallest absolute Gasteiger partial charge is 0.222 e. The molecule has 1 amide bonds. The van der Waals surface area contributed by atoms with Gasteiger partial charge in [-0.2, -0.15) is 0 Å². The highest BCUT2D eigenvalue weighted by atomic mass is 16.3. The molecular formula is C12H23NO2. The molecule has 3 nitrogen and oxygen atoms in total. The fourth-order valence-electron chi connectivity index (χ4n) is 2.10. The van der Waals surface area contributed by atoms with Crippen molar-refractivity contribution in [3.8, 4) is 0 Å². The second-order valence-electron chi connectivity index (χ2n) is 4.50. The highest BCUT2D eigenvalue weighted by Crippen LogP contribution is 2.15. The van der Waals surface area contributed by atoms with Gasteiger partial charge in [0.05, 0.1) is 18.6 Å². The van der Waals surface area contributed by atoms with E-state index >= 15 is 0 Å². The van der Waals surface area contributed by atoms with E-state index in [1.165, 1.54) is 32.1 Å². The number of rotatable bonds is 7. The highest BCUT2D eigenvalue weighted by Gasteiger charge is 2.29. The lowest BCUT2D eigenvalue weighted by Crippen LogP contribution is -2.31. The Bertz CT molecular complexity index is 194. The van der Waals surface area contributed by atoms with E-state index in [2.05, 4.69) is 12.2 Å². The molecule has 15 heavy (non-hydrogen) atoms. The first-order chi connectivity index (χ1) is 7.24. The van der Waals surface area contributed by atoms with Crippen LogP contribution < -0.4 is 5.32 Å². The molecule has 0 aliphatic carbocycles. The SMILES string of the molecule is CCCCCCCC[C@H]1NC(=O)C[C@H]1O. The Balaban J connectivity index is 1.98. The van der Waals surface area contributed by atoms with Crippen LogP contribution in [-0.2, 0) is 4.79 Å². The molecule has 88 valence electrons. The highest BCUT2D eigenvalue weighted by molar-refractivity contribution is 5.79. The number of aliphatic hydroxyl groups is 1.